The first-order valence-corrected chi connectivity index (χ1v) is 12.9. The second kappa shape index (κ2) is 10.1. The van der Waals surface area contributed by atoms with Gasteiger partial charge in [0.05, 0.1) is 18.0 Å². The standard InChI is InChI=1S/C24H27F3N4O4S/c1-15-4-6-19-16(10-15)11-20(30-19)18-12-17(5-7-21(18)31-8-2-3-9-31)36(34,35)29-14-23(33)28-13-22(32)24(25,26)27/h4-7,10-12,22,29-30,32H,2-3,8-9,13-14H2,1H3,(H,28,33)/t22-/m1/s1. The van der Waals surface area contributed by atoms with Crippen molar-refractivity contribution in [3.63, 3.8) is 0 Å². The number of amides is 1. The van der Waals surface area contributed by atoms with Crippen LogP contribution in [0.15, 0.2) is 47.4 Å². The average Bonchev–Trinajstić information content (AvgIpc) is 3.50. The monoisotopic (exact) mass is 524 g/mol. The van der Waals surface area contributed by atoms with E-state index in [1.54, 1.807) is 6.07 Å². The number of halogens is 3. The summed E-state index contributed by atoms with van der Waals surface area (Å²) in [4.78, 5) is 17.3. The molecular weight excluding hydrogens is 497 g/mol. The fraction of sp³-hybridized carbons (Fsp3) is 0.375. The molecule has 4 rings (SSSR count). The van der Waals surface area contributed by atoms with E-state index in [9.17, 15) is 26.4 Å². The van der Waals surface area contributed by atoms with Crippen molar-refractivity contribution in [2.75, 3.05) is 31.1 Å². The molecule has 0 unspecified atom stereocenters. The SMILES string of the molecule is Cc1ccc2[nH]c(-c3cc(S(=O)(=O)NCC(=O)NC[C@@H](O)C(F)(F)F)ccc3N3CCCC3)cc2c1. The first-order chi connectivity index (χ1) is 16.9. The molecule has 8 nitrogen and oxygen atoms in total. The van der Waals surface area contributed by atoms with Gasteiger partial charge >= 0.3 is 6.18 Å². The lowest BCUT2D eigenvalue weighted by molar-refractivity contribution is -0.201. The molecule has 1 saturated heterocycles. The molecule has 36 heavy (non-hydrogen) atoms. The molecule has 1 aliphatic heterocycles. The highest BCUT2D eigenvalue weighted by Gasteiger charge is 2.38. The summed E-state index contributed by atoms with van der Waals surface area (Å²) in [6, 6.07) is 12.6. The number of carbonyl (C=O) groups is 1. The Morgan fingerprint density at radius 1 is 1.14 bits per heavy atom. The Morgan fingerprint density at radius 2 is 1.86 bits per heavy atom. The van der Waals surface area contributed by atoms with Crippen LogP contribution in [0.5, 0.6) is 0 Å². The maximum atomic E-state index is 12.9. The van der Waals surface area contributed by atoms with E-state index in [0.29, 0.717) is 5.56 Å². The Balaban J connectivity index is 1.58. The summed E-state index contributed by atoms with van der Waals surface area (Å²) in [5, 5.41) is 11.8. The Hall–Kier alpha value is -3.09. The van der Waals surface area contributed by atoms with Gasteiger partial charge < -0.3 is 20.3 Å². The zero-order chi connectivity index (χ0) is 26.1. The van der Waals surface area contributed by atoms with Gasteiger partial charge in [-0.3, -0.25) is 4.79 Å². The number of sulfonamides is 1. The van der Waals surface area contributed by atoms with Crippen molar-refractivity contribution >= 4 is 32.5 Å². The molecule has 2 aromatic carbocycles. The van der Waals surface area contributed by atoms with Gasteiger partial charge in [-0.15, -0.1) is 0 Å². The highest BCUT2D eigenvalue weighted by atomic mass is 32.2. The van der Waals surface area contributed by atoms with E-state index in [1.807, 2.05) is 36.5 Å². The van der Waals surface area contributed by atoms with Crippen LogP contribution in [0.25, 0.3) is 22.2 Å². The van der Waals surface area contributed by atoms with E-state index in [4.69, 9.17) is 5.11 Å². The summed E-state index contributed by atoms with van der Waals surface area (Å²) in [5.41, 5.74) is 4.31. The average molecular weight is 525 g/mol. The fourth-order valence-corrected chi connectivity index (χ4v) is 5.17. The number of aromatic amines is 1. The van der Waals surface area contributed by atoms with Crippen molar-refractivity contribution in [2.24, 2.45) is 0 Å². The minimum absolute atomic E-state index is 0.0848. The molecule has 1 atom stereocenters. The molecule has 0 radical (unpaired) electrons. The first-order valence-electron chi connectivity index (χ1n) is 11.4. The van der Waals surface area contributed by atoms with Crippen molar-refractivity contribution in [3.05, 3.63) is 48.0 Å². The molecule has 1 fully saturated rings. The van der Waals surface area contributed by atoms with Gasteiger partial charge in [0, 0.05) is 40.9 Å². The molecule has 0 spiro atoms. The predicted octanol–water partition coefficient (Wildman–Crippen LogP) is 3.06. The van der Waals surface area contributed by atoms with Crippen LogP contribution in [0.1, 0.15) is 18.4 Å². The number of nitrogens with one attached hydrogen (secondary N) is 3. The molecule has 0 bridgehead atoms. The lowest BCUT2D eigenvalue weighted by atomic mass is 10.1. The molecule has 1 amide bonds. The van der Waals surface area contributed by atoms with Crippen molar-refractivity contribution < 1.29 is 31.5 Å². The zero-order valence-corrected chi connectivity index (χ0v) is 20.3. The van der Waals surface area contributed by atoms with Crippen LogP contribution in [0.3, 0.4) is 0 Å². The van der Waals surface area contributed by atoms with Crippen molar-refractivity contribution in [1.29, 1.82) is 0 Å². The Bertz CT molecular complexity index is 1370. The third-order valence-corrected chi connectivity index (χ3v) is 7.48. The number of aryl methyl sites for hydroxylation is 1. The number of H-pyrrole nitrogens is 1. The predicted molar refractivity (Wildman–Crippen MR) is 130 cm³/mol. The number of aliphatic hydroxyl groups excluding tert-OH is 1. The number of hydrogen-bond donors (Lipinski definition) is 4. The van der Waals surface area contributed by atoms with Crippen molar-refractivity contribution in [3.8, 4) is 11.3 Å². The first kappa shape index (κ1) is 26.0. The van der Waals surface area contributed by atoms with Crippen LogP contribution in [-0.4, -0.2) is 62.9 Å². The lowest BCUT2D eigenvalue weighted by Gasteiger charge is -2.22. The number of aliphatic hydroxyl groups is 1. The smallest absolute Gasteiger partial charge is 0.382 e. The van der Waals surface area contributed by atoms with Crippen LogP contribution in [0.2, 0.25) is 0 Å². The van der Waals surface area contributed by atoms with E-state index in [-0.39, 0.29) is 4.90 Å². The molecule has 1 aromatic heterocycles. The molecule has 0 aliphatic carbocycles. The minimum Gasteiger partial charge on any atom is -0.382 e. The van der Waals surface area contributed by atoms with Gasteiger partial charge in [-0.05, 0) is 56.2 Å². The molecule has 2 heterocycles. The van der Waals surface area contributed by atoms with Gasteiger partial charge in [0.15, 0.2) is 6.10 Å². The van der Waals surface area contributed by atoms with Crippen molar-refractivity contribution in [2.45, 2.75) is 36.9 Å². The highest BCUT2D eigenvalue weighted by Crippen LogP contribution is 2.36. The maximum absolute atomic E-state index is 12.9. The number of rotatable bonds is 8. The summed E-state index contributed by atoms with van der Waals surface area (Å²) in [5.74, 6) is -0.998. The van der Waals surface area contributed by atoms with Crippen molar-refractivity contribution in [1.82, 2.24) is 15.0 Å². The molecular formula is C24H27F3N4O4S. The van der Waals surface area contributed by atoms with Gasteiger partial charge in [-0.2, -0.15) is 13.2 Å². The third kappa shape index (κ3) is 5.82. The lowest BCUT2D eigenvalue weighted by Crippen LogP contribution is -2.44. The van der Waals surface area contributed by atoms with E-state index >= 15 is 0 Å². The normalized spacial score (nSPS) is 15.4. The number of anilines is 1. The van der Waals surface area contributed by atoms with Crippen LogP contribution in [0, 0.1) is 6.92 Å². The summed E-state index contributed by atoms with van der Waals surface area (Å²) in [6.45, 7) is 1.84. The summed E-state index contributed by atoms with van der Waals surface area (Å²) in [6.07, 6.45) is -5.56. The van der Waals surface area contributed by atoms with E-state index in [1.165, 1.54) is 12.1 Å². The van der Waals surface area contributed by atoms with Crippen LogP contribution < -0.4 is 14.9 Å². The highest BCUT2D eigenvalue weighted by molar-refractivity contribution is 7.89. The van der Waals surface area contributed by atoms with Gasteiger partial charge in [0.1, 0.15) is 0 Å². The summed E-state index contributed by atoms with van der Waals surface area (Å²) >= 11 is 0. The van der Waals surface area contributed by atoms with Gasteiger partial charge in [0.25, 0.3) is 0 Å². The van der Waals surface area contributed by atoms with Crippen LogP contribution in [0.4, 0.5) is 18.9 Å². The Kier molecular flexibility index (Phi) is 7.30. The van der Waals surface area contributed by atoms with E-state index < -0.39 is 41.3 Å². The van der Waals surface area contributed by atoms with Crippen LogP contribution >= 0.6 is 0 Å². The molecule has 3 aromatic rings. The molecule has 4 N–H and O–H groups in total. The Morgan fingerprint density at radius 3 is 2.56 bits per heavy atom. The number of hydrogen-bond acceptors (Lipinski definition) is 5. The molecule has 1 aliphatic rings. The van der Waals surface area contributed by atoms with Crippen LogP contribution in [-0.2, 0) is 14.8 Å². The number of benzene rings is 2. The van der Waals surface area contributed by atoms with E-state index in [0.717, 1.165) is 53.8 Å². The quantitative estimate of drug-likeness (QED) is 0.362. The summed E-state index contributed by atoms with van der Waals surface area (Å²) < 4.78 is 65.1. The van der Waals surface area contributed by atoms with Gasteiger partial charge in [0.2, 0.25) is 15.9 Å². The molecule has 194 valence electrons. The van der Waals surface area contributed by atoms with Gasteiger partial charge in [-0.1, -0.05) is 11.6 Å². The number of carbonyl (C=O) groups excluding carboxylic acids is 1. The number of nitrogens with zero attached hydrogens (tertiary/aromatic N) is 1. The zero-order valence-electron chi connectivity index (χ0n) is 19.5. The second-order valence-corrected chi connectivity index (χ2v) is 10.6. The third-order valence-electron chi connectivity index (χ3n) is 6.08. The largest absolute Gasteiger partial charge is 0.416 e. The van der Waals surface area contributed by atoms with Gasteiger partial charge in [-0.25, -0.2) is 13.1 Å². The molecule has 0 saturated carbocycles. The number of fused-ring (bicyclic) bond motifs is 1. The molecule has 12 heteroatoms. The maximum Gasteiger partial charge on any atom is 0.416 e. The van der Waals surface area contributed by atoms with E-state index in [2.05, 4.69) is 14.6 Å². The topological polar surface area (TPSA) is 115 Å². The number of alkyl halides is 3. The Labute approximate surface area is 206 Å². The minimum atomic E-state index is -4.89. The summed E-state index contributed by atoms with van der Waals surface area (Å²) in [7, 11) is -4.16. The second-order valence-electron chi connectivity index (χ2n) is 8.83. The fourth-order valence-electron chi connectivity index (χ4n) is 4.16. The number of aromatic nitrogens is 1.